The minimum Gasteiger partial charge on any atom is -0.462 e. The molecule has 1 aromatic rings. The molecule has 400 valence electrons. The first-order chi connectivity index (χ1) is 33.4. The van der Waals surface area contributed by atoms with Crippen LogP contribution in [0.1, 0.15) is 168 Å². The van der Waals surface area contributed by atoms with Gasteiger partial charge in [-0.25, -0.2) is 13.9 Å². The van der Waals surface area contributed by atoms with Gasteiger partial charge in [-0.1, -0.05) is 153 Å². The summed E-state index contributed by atoms with van der Waals surface area (Å²) in [6.07, 6.45) is 28.1. The first kappa shape index (κ1) is 62.8. The van der Waals surface area contributed by atoms with Crippen molar-refractivity contribution in [2.45, 2.75) is 199 Å². The first-order valence-corrected chi connectivity index (χ1v) is 28.1. The molecule has 0 aliphatic carbocycles. The fourth-order valence-corrected chi connectivity index (χ4v) is 9.33. The van der Waals surface area contributed by atoms with Crippen molar-refractivity contribution >= 4 is 33.4 Å². The van der Waals surface area contributed by atoms with E-state index in [1.165, 1.54) is 70.3 Å². The molecule has 0 radical (unpaired) electrons. The molecule has 1 saturated heterocycles. The van der Waals surface area contributed by atoms with Gasteiger partial charge in [0.2, 0.25) is 0 Å². The molecular formula is C49H83N3O16P2. The molecule has 0 bridgehead atoms. The summed E-state index contributed by atoms with van der Waals surface area (Å²) in [6, 6.07) is 1.24. The minimum absolute atomic E-state index is 0.00816. The van der Waals surface area contributed by atoms with Gasteiger partial charge in [-0.2, -0.15) is 9.29 Å². The Bertz CT molecular complexity index is 1890. The topological polar surface area (TPSA) is 286 Å². The van der Waals surface area contributed by atoms with Crippen LogP contribution in [0.3, 0.4) is 0 Å². The standard InChI is InChI=1S/C49H83N3O16P2/c1-4-5-6-7-8-12-16-20-25-30-40(53)31-26-21-18-23-27-32-44(54)63-36-41(66-45(55)33-28-22-17-14-11-9-10-13-15-19-24-29-39(2)3)37-64-69(59,60)68-70(61,62)65-38-42-46(56)47(57)48(67-42)52-35-34-43(50)51-49(52)58/h8,12,18,20-21,25-26,31,34-35,39-42,46-48,53,56-57H,4-7,9-11,13-17,19,22-24,27-30,32-33,36-38H2,1-3H3,(H,59,60)(H,61,62)(H2,50,51,58)/b12-8-,21-18+,25-20-,31-26-/t40?,41-,42-,46-,47-,48-/m1/s1. The lowest BCUT2D eigenvalue weighted by molar-refractivity contribution is -0.161. The summed E-state index contributed by atoms with van der Waals surface area (Å²) in [6.45, 7) is 4.27. The fraction of sp³-hybridized carbons (Fsp3) is 0.714. The van der Waals surface area contributed by atoms with Crippen LogP contribution in [-0.4, -0.2) is 96.9 Å². The average molecular weight is 1030 g/mol. The maximum atomic E-state index is 12.8. The van der Waals surface area contributed by atoms with Crippen LogP contribution in [0.5, 0.6) is 0 Å². The Morgan fingerprint density at radius 1 is 0.800 bits per heavy atom. The number of ether oxygens (including phenoxy) is 3. The van der Waals surface area contributed by atoms with Gasteiger partial charge in [0.25, 0.3) is 0 Å². The van der Waals surface area contributed by atoms with Crippen molar-refractivity contribution in [2.24, 2.45) is 5.92 Å². The Morgan fingerprint density at radius 2 is 1.43 bits per heavy atom. The van der Waals surface area contributed by atoms with E-state index < -0.39 is 89.8 Å². The zero-order chi connectivity index (χ0) is 51.6. The lowest BCUT2D eigenvalue weighted by Gasteiger charge is -2.21. The van der Waals surface area contributed by atoms with Crippen LogP contribution in [0.2, 0.25) is 0 Å². The van der Waals surface area contributed by atoms with Gasteiger partial charge >= 0.3 is 33.3 Å². The van der Waals surface area contributed by atoms with Crippen molar-refractivity contribution in [3.05, 3.63) is 71.4 Å². The van der Waals surface area contributed by atoms with E-state index in [-0.39, 0.29) is 18.7 Å². The van der Waals surface area contributed by atoms with E-state index in [0.29, 0.717) is 25.7 Å². The predicted octanol–water partition coefficient (Wildman–Crippen LogP) is 8.99. The second-order valence-corrected chi connectivity index (χ2v) is 21.0. The number of esters is 2. The number of unbranched alkanes of at least 4 members (excludes halogenated alkanes) is 14. The van der Waals surface area contributed by atoms with E-state index in [1.54, 1.807) is 18.2 Å². The monoisotopic (exact) mass is 1030 g/mol. The minimum atomic E-state index is -5.45. The number of nitrogens with zero attached hydrogens (tertiary/aromatic N) is 2. The van der Waals surface area contributed by atoms with Gasteiger partial charge in [-0.05, 0) is 56.9 Å². The molecule has 3 unspecified atom stereocenters. The van der Waals surface area contributed by atoms with Crippen molar-refractivity contribution in [3.63, 3.8) is 0 Å². The second-order valence-electron chi connectivity index (χ2n) is 18.0. The van der Waals surface area contributed by atoms with Crippen LogP contribution in [0, 0.1) is 5.92 Å². The zero-order valence-corrected chi connectivity index (χ0v) is 43.4. The van der Waals surface area contributed by atoms with Gasteiger partial charge in [0.05, 0.1) is 19.3 Å². The van der Waals surface area contributed by atoms with E-state index in [0.717, 1.165) is 55.2 Å². The summed E-state index contributed by atoms with van der Waals surface area (Å²) < 4.78 is 56.6. The second kappa shape index (κ2) is 36.6. The Balaban J connectivity index is 1.85. The molecule has 1 aromatic heterocycles. The lowest BCUT2D eigenvalue weighted by atomic mass is 10.0. The third-order valence-electron chi connectivity index (χ3n) is 11.2. The summed E-state index contributed by atoms with van der Waals surface area (Å²) >= 11 is 0. The van der Waals surface area contributed by atoms with Crippen molar-refractivity contribution in [3.8, 4) is 0 Å². The summed E-state index contributed by atoms with van der Waals surface area (Å²) in [5.41, 5.74) is 4.57. The molecule has 0 saturated carbocycles. The van der Waals surface area contributed by atoms with Gasteiger partial charge < -0.3 is 45.1 Å². The number of aliphatic hydroxyl groups is 3. The molecule has 8 atom stereocenters. The van der Waals surface area contributed by atoms with Crippen molar-refractivity contribution in [1.82, 2.24) is 9.55 Å². The maximum absolute atomic E-state index is 12.8. The van der Waals surface area contributed by atoms with Gasteiger partial charge in [0.1, 0.15) is 30.7 Å². The number of hydrogen-bond acceptors (Lipinski definition) is 16. The number of nitrogen functional groups attached to an aromatic ring is 1. The molecule has 7 N–H and O–H groups in total. The van der Waals surface area contributed by atoms with E-state index in [1.807, 2.05) is 18.2 Å². The van der Waals surface area contributed by atoms with Gasteiger partial charge in [0.15, 0.2) is 12.3 Å². The molecule has 70 heavy (non-hydrogen) atoms. The van der Waals surface area contributed by atoms with Gasteiger partial charge in [-0.15, -0.1) is 0 Å². The van der Waals surface area contributed by atoms with Crippen molar-refractivity contribution in [1.29, 1.82) is 0 Å². The number of phosphoric acid groups is 2. The number of carbonyl (C=O) groups is 2. The molecule has 2 heterocycles. The number of nitrogens with two attached hydrogens (primary N) is 1. The van der Waals surface area contributed by atoms with Crippen molar-refractivity contribution in [2.75, 3.05) is 25.6 Å². The summed E-state index contributed by atoms with van der Waals surface area (Å²) in [5, 5.41) is 31.1. The molecule has 1 fully saturated rings. The highest BCUT2D eigenvalue weighted by Crippen LogP contribution is 2.60. The van der Waals surface area contributed by atoms with Crippen LogP contribution in [0.15, 0.2) is 65.7 Å². The molecule has 0 aromatic carbocycles. The first-order valence-electron chi connectivity index (χ1n) is 25.1. The molecular weight excluding hydrogens is 948 g/mol. The Morgan fingerprint density at radius 3 is 2.10 bits per heavy atom. The third-order valence-corrected chi connectivity index (χ3v) is 13.8. The fourth-order valence-electron chi connectivity index (χ4n) is 7.22. The molecule has 19 nitrogen and oxygen atoms in total. The summed E-state index contributed by atoms with van der Waals surface area (Å²) in [4.78, 5) is 61.8. The highest BCUT2D eigenvalue weighted by atomic mass is 31.3. The molecule has 1 aliphatic rings. The van der Waals surface area contributed by atoms with Crippen LogP contribution in [0.4, 0.5) is 5.82 Å². The number of hydrogen-bond donors (Lipinski definition) is 6. The molecule has 21 heteroatoms. The van der Waals surface area contributed by atoms with Crippen LogP contribution < -0.4 is 11.4 Å². The highest BCUT2D eigenvalue weighted by Gasteiger charge is 2.46. The predicted molar refractivity (Wildman–Crippen MR) is 267 cm³/mol. The maximum Gasteiger partial charge on any atom is 0.481 e. The Hall–Kier alpha value is -3.32. The normalized spacial score (nSPS) is 20.2. The lowest BCUT2D eigenvalue weighted by Crippen LogP contribution is -2.36. The number of phosphoric ester groups is 2. The van der Waals surface area contributed by atoms with E-state index >= 15 is 0 Å². The Kier molecular flexibility index (Phi) is 32.8. The number of aromatic nitrogens is 2. The summed E-state index contributed by atoms with van der Waals surface area (Å²) in [7, 11) is -10.9. The smallest absolute Gasteiger partial charge is 0.462 e. The highest BCUT2D eigenvalue weighted by molar-refractivity contribution is 7.61. The molecule has 1 aliphatic heterocycles. The largest absolute Gasteiger partial charge is 0.481 e. The van der Waals surface area contributed by atoms with E-state index in [4.69, 9.17) is 29.0 Å². The number of carbonyl (C=O) groups excluding carboxylic acids is 2. The van der Waals surface area contributed by atoms with E-state index in [2.05, 4.69) is 42.2 Å². The van der Waals surface area contributed by atoms with Crippen LogP contribution in [0.25, 0.3) is 0 Å². The quantitative estimate of drug-likeness (QED) is 0.0117. The average Bonchev–Trinajstić information content (AvgIpc) is 3.58. The van der Waals surface area contributed by atoms with E-state index in [9.17, 15) is 48.6 Å². The molecule has 0 spiro atoms. The zero-order valence-electron chi connectivity index (χ0n) is 41.6. The number of allylic oxidation sites excluding steroid dienone is 6. The van der Waals surface area contributed by atoms with Crippen molar-refractivity contribution < 1.29 is 71.4 Å². The number of anilines is 1. The van der Waals surface area contributed by atoms with Gasteiger partial charge in [0, 0.05) is 19.0 Å². The molecule has 0 amide bonds. The van der Waals surface area contributed by atoms with Crippen LogP contribution in [-0.2, 0) is 46.3 Å². The van der Waals surface area contributed by atoms with Gasteiger partial charge in [-0.3, -0.25) is 23.2 Å². The third kappa shape index (κ3) is 29.9. The molecule has 2 rings (SSSR count). The Labute approximate surface area is 414 Å². The SMILES string of the molecule is CCCCC/C=C\C/C=C\CC(O)/C=C\C=C\CCCC(=O)OC[C@H](COP(=O)(O)OP(=O)(O)OC[C@H]1O[C@@H](n2ccc(N)nc2=O)[C@H](O)[C@@H]1O)OC(=O)CCCCCCCCCCCCCC(C)C. The van der Waals surface area contributed by atoms with Crippen LogP contribution >= 0.6 is 15.6 Å². The number of aliphatic hydroxyl groups excluding tert-OH is 3. The summed E-state index contributed by atoms with van der Waals surface area (Å²) in [5.74, 6) is -0.681. The number of rotatable bonds is 40.